The summed E-state index contributed by atoms with van der Waals surface area (Å²) in [6.45, 7) is 4.35. The van der Waals surface area contributed by atoms with E-state index in [0.29, 0.717) is 11.3 Å². The molecule has 0 aliphatic carbocycles. The molecule has 1 aliphatic rings. The van der Waals surface area contributed by atoms with Crippen LogP contribution in [0.15, 0.2) is 48.5 Å². The quantitative estimate of drug-likeness (QED) is 0.811. The Kier molecular flexibility index (Phi) is 4.49. The van der Waals surface area contributed by atoms with Gasteiger partial charge in [0.25, 0.3) is 0 Å². The van der Waals surface area contributed by atoms with Gasteiger partial charge < -0.3 is 4.90 Å². The third-order valence-electron chi connectivity index (χ3n) is 4.08. The highest BCUT2D eigenvalue weighted by Gasteiger charge is 2.19. The topological polar surface area (TPSA) is 23.6 Å². The minimum Gasteiger partial charge on any atom is -0.368 e. The highest BCUT2D eigenvalue weighted by atomic mass is 19.1. The average molecular weight is 298 g/mol. The molecule has 1 aliphatic heterocycles. The van der Waals surface area contributed by atoms with Crippen LogP contribution in [0, 0.1) is 5.82 Å². The van der Waals surface area contributed by atoms with Crippen molar-refractivity contribution in [3.05, 3.63) is 65.5 Å². The van der Waals surface area contributed by atoms with E-state index in [-0.39, 0.29) is 5.82 Å². The summed E-state index contributed by atoms with van der Waals surface area (Å²) in [6, 6.07) is 14.7. The molecular weight excluding hydrogens is 279 g/mol. The van der Waals surface area contributed by atoms with Gasteiger partial charge in [-0.25, -0.2) is 4.39 Å². The fraction of sp³-hybridized carbons (Fsp3) is 0.278. The van der Waals surface area contributed by atoms with Gasteiger partial charge in [0.1, 0.15) is 5.82 Å². The predicted molar refractivity (Wildman–Crippen MR) is 85.7 cm³/mol. The molecule has 1 heterocycles. The second kappa shape index (κ2) is 6.71. The molecule has 114 valence electrons. The lowest BCUT2D eigenvalue weighted by molar-refractivity contribution is 0.112. The smallest absolute Gasteiger partial charge is 0.152 e. The van der Waals surface area contributed by atoms with Crippen molar-refractivity contribution >= 4 is 12.0 Å². The Morgan fingerprint density at radius 2 is 1.73 bits per heavy atom. The van der Waals surface area contributed by atoms with Crippen LogP contribution in [-0.4, -0.2) is 37.4 Å². The Hall–Kier alpha value is -2.20. The summed E-state index contributed by atoms with van der Waals surface area (Å²) in [5, 5.41) is 0. The summed E-state index contributed by atoms with van der Waals surface area (Å²) in [6.07, 6.45) is 0.797. The van der Waals surface area contributed by atoms with Crippen molar-refractivity contribution in [1.82, 2.24) is 4.90 Å². The molecule has 0 unspecified atom stereocenters. The van der Waals surface area contributed by atoms with Crippen LogP contribution >= 0.6 is 0 Å². The maximum Gasteiger partial charge on any atom is 0.152 e. The molecule has 1 saturated heterocycles. The number of benzene rings is 2. The van der Waals surface area contributed by atoms with Crippen molar-refractivity contribution in [2.24, 2.45) is 0 Å². The van der Waals surface area contributed by atoms with Gasteiger partial charge in [0.05, 0.1) is 5.69 Å². The number of carbonyl (C=O) groups is 1. The van der Waals surface area contributed by atoms with Gasteiger partial charge in [0.2, 0.25) is 0 Å². The Bertz CT molecular complexity index is 637. The van der Waals surface area contributed by atoms with Crippen molar-refractivity contribution in [3.63, 3.8) is 0 Å². The van der Waals surface area contributed by atoms with Crippen molar-refractivity contribution < 1.29 is 9.18 Å². The lowest BCUT2D eigenvalue weighted by atomic mass is 10.1. The fourth-order valence-corrected chi connectivity index (χ4v) is 2.88. The zero-order valence-electron chi connectivity index (χ0n) is 12.4. The Morgan fingerprint density at radius 3 is 2.41 bits per heavy atom. The third-order valence-corrected chi connectivity index (χ3v) is 4.08. The molecule has 0 bridgehead atoms. The molecule has 2 aromatic rings. The van der Waals surface area contributed by atoms with Crippen LogP contribution in [0.4, 0.5) is 10.1 Å². The van der Waals surface area contributed by atoms with Crippen LogP contribution in [0.2, 0.25) is 0 Å². The molecule has 0 aromatic heterocycles. The first-order valence-electron chi connectivity index (χ1n) is 7.52. The van der Waals surface area contributed by atoms with Crippen LogP contribution in [0.3, 0.4) is 0 Å². The normalized spacial score (nSPS) is 15.8. The SMILES string of the molecule is O=Cc1ccc(F)cc1N1CCN(Cc2ccccc2)CC1. The van der Waals surface area contributed by atoms with Gasteiger partial charge in [0.15, 0.2) is 6.29 Å². The molecule has 0 amide bonds. The van der Waals surface area contributed by atoms with Crippen LogP contribution in [0.1, 0.15) is 15.9 Å². The lowest BCUT2D eigenvalue weighted by Crippen LogP contribution is -2.46. The van der Waals surface area contributed by atoms with E-state index in [9.17, 15) is 9.18 Å². The number of anilines is 1. The zero-order chi connectivity index (χ0) is 15.4. The van der Waals surface area contributed by atoms with Gasteiger partial charge in [-0.15, -0.1) is 0 Å². The number of hydrogen-bond donors (Lipinski definition) is 0. The molecule has 0 radical (unpaired) electrons. The van der Waals surface area contributed by atoms with Crippen molar-refractivity contribution in [2.75, 3.05) is 31.1 Å². The van der Waals surface area contributed by atoms with E-state index in [1.54, 1.807) is 6.07 Å². The molecular formula is C18H19FN2O. The number of rotatable bonds is 4. The molecule has 0 N–H and O–H groups in total. The van der Waals surface area contributed by atoms with Gasteiger partial charge >= 0.3 is 0 Å². The van der Waals surface area contributed by atoms with E-state index < -0.39 is 0 Å². The zero-order valence-corrected chi connectivity index (χ0v) is 12.4. The summed E-state index contributed by atoms with van der Waals surface area (Å²) in [4.78, 5) is 15.6. The highest BCUT2D eigenvalue weighted by Crippen LogP contribution is 2.22. The van der Waals surface area contributed by atoms with Gasteiger partial charge in [0, 0.05) is 38.3 Å². The Morgan fingerprint density at radius 1 is 1.00 bits per heavy atom. The second-order valence-corrected chi connectivity index (χ2v) is 5.57. The Balaban J connectivity index is 1.64. The first-order chi connectivity index (χ1) is 10.8. The van der Waals surface area contributed by atoms with E-state index >= 15 is 0 Å². The molecule has 0 spiro atoms. The van der Waals surface area contributed by atoms with Crippen LogP contribution in [-0.2, 0) is 6.54 Å². The minimum atomic E-state index is -0.299. The molecule has 1 fully saturated rings. The number of halogens is 1. The molecule has 3 nitrogen and oxygen atoms in total. The number of hydrogen-bond acceptors (Lipinski definition) is 3. The van der Waals surface area contributed by atoms with Crippen LogP contribution in [0.25, 0.3) is 0 Å². The Labute approximate surface area is 130 Å². The number of nitrogens with zero attached hydrogens (tertiary/aromatic N) is 2. The summed E-state index contributed by atoms with van der Waals surface area (Å²) in [5.41, 5.74) is 2.56. The first kappa shape index (κ1) is 14.7. The second-order valence-electron chi connectivity index (χ2n) is 5.57. The first-order valence-corrected chi connectivity index (χ1v) is 7.52. The largest absolute Gasteiger partial charge is 0.368 e. The van der Waals surface area contributed by atoms with Crippen molar-refractivity contribution in [2.45, 2.75) is 6.54 Å². The van der Waals surface area contributed by atoms with Crippen molar-refractivity contribution in [3.8, 4) is 0 Å². The number of carbonyl (C=O) groups excluding carboxylic acids is 1. The number of aldehydes is 1. The highest BCUT2D eigenvalue weighted by molar-refractivity contribution is 5.84. The molecule has 0 atom stereocenters. The van der Waals surface area contributed by atoms with E-state index in [4.69, 9.17) is 0 Å². The maximum atomic E-state index is 13.4. The van der Waals surface area contributed by atoms with E-state index in [0.717, 1.165) is 39.0 Å². The van der Waals surface area contributed by atoms with Gasteiger partial charge in [-0.2, -0.15) is 0 Å². The summed E-state index contributed by atoms with van der Waals surface area (Å²) < 4.78 is 13.4. The fourth-order valence-electron chi connectivity index (χ4n) is 2.88. The summed E-state index contributed by atoms with van der Waals surface area (Å²) in [5.74, 6) is -0.299. The maximum absolute atomic E-state index is 13.4. The lowest BCUT2D eigenvalue weighted by Gasteiger charge is -2.36. The van der Waals surface area contributed by atoms with E-state index in [1.807, 2.05) is 6.07 Å². The third kappa shape index (κ3) is 3.34. The minimum absolute atomic E-state index is 0.299. The van der Waals surface area contributed by atoms with Crippen LogP contribution < -0.4 is 4.90 Å². The summed E-state index contributed by atoms with van der Waals surface area (Å²) in [7, 11) is 0. The van der Waals surface area contributed by atoms with E-state index in [2.05, 4.69) is 34.1 Å². The molecule has 0 saturated carbocycles. The summed E-state index contributed by atoms with van der Waals surface area (Å²) >= 11 is 0. The molecule has 3 rings (SSSR count). The van der Waals surface area contributed by atoms with Gasteiger partial charge in [-0.3, -0.25) is 9.69 Å². The van der Waals surface area contributed by atoms with Gasteiger partial charge in [-0.1, -0.05) is 30.3 Å². The average Bonchev–Trinajstić information content (AvgIpc) is 2.56. The van der Waals surface area contributed by atoms with Crippen LogP contribution in [0.5, 0.6) is 0 Å². The van der Waals surface area contributed by atoms with Gasteiger partial charge in [-0.05, 0) is 23.8 Å². The predicted octanol–water partition coefficient (Wildman–Crippen LogP) is 2.96. The molecule has 22 heavy (non-hydrogen) atoms. The van der Waals surface area contributed by atoms with E-state index in [1.165, 1.54) is 17.7 Å². The molecule has 4 heteroatoms. The number of piperazine rings is 1. The molecule has 2 aromatic carbocycles. The standard InChI is InChI=1S/C18H19FN2O/c19-17-7-6-16(14-22)18(12-17)21-10-8-20(9-11-21)13-15-4-2-1-3-5-15/h1-7,12,14H,8-11,13H2. The van der Waals surface area contributed by atoms with Crippen molar-refractivity contribution in [1.29, 1.82) is 0 Å². The monoisotopic (exact) mass is 298 g/mol.